The Labute approximate surface area is 208 Å². The molecule has 18 nitrogen and oxygen atoms in total. The Morgan fingerprint density at radius 1 is 0.811 bits per heavy atom. The molecular weight excluding hydrogens is 516 g/mol. The van der Waals surface area contributed by atoms with Crippen LogP contribution in [-0.2, 0) is 32.2 Å². The van der Waals surface area contributed by atoms with Gasteiger partial charge < -0.3 is 20.0 Å². The smallest absolute Gasteiger partial charge is 0.390 e. The van der Waals surface area contributed by atoms with E-state index in [1.54, 1.807) is 12.2 Å². The lowest BCUT2D eigenvalue weighted by atomic mass is 10.2. The second-order valence-electron chi connectivity index (χ2n) is 8.61. The number of amides is 4. The third-order valence-electron chi connectivity index (χ3n) is 6.15. The maximum Gasteiger partial charge on any atom is 0.442 e. The number of fused-ring (bicyclic) bond motifs is 4. The van der Waals surface area contributed by atoms with Crippen LogP contribution in [0.15, 0.2) is 24.5 Å². The molecule has 2 aromatic heterocycles. The van der Waals surface area contributed by atoms with Gasteiger partial charge in [0.05, 0.1) is 50.1 Å². The van der Waals surface area contributed by atoms with E-state index in [1.165, 1.54) is 31.6 Å². The average Bonchev–Trinajstić information content (AvgIpc) is 3.65. The van der Waals surface area contributed by atoms with Gasteiger partial charge in [0, 0.05) is 13.1 Å². The highest BCUT2D eigenvalue weighted by molar-refractivity contribution is 7.81. The summed E-state index contributed by atoms with van der Waals surface area (Å²) in [5, 5.41) is 35.1. The highest BCUT2D eigenvalue weighted by Gasteiger charge is 2.47. The van der Waals surface area contributed by atoms with E-state index < -0.39 is 34.5 Å². The van der Waals surface area contributed by atoms with Crippen molar-refractivity contribution in [2.24, 2.45) is 0 Å². The van der Waals surface area contributed by atoms with E-state index in [4.69, 9.17) is 8.57 Å². The summed E-state index contributed by atoms with van der Waals surface area (Å²) in [5.41, 5.74) is 1.73. The molecular formula is C18H20N10O8S. The van der Waals surface area contributed by atoms with Gasteiger partial charge in [-0.15, -0.1) is 18.8 Å². The van der Waals surface area contributed by atoms with Crippen molar-refractivity contribution in [1.82, 2.24) is 49.9 Å². The van der Waals surface area contributed by atoms with Crippen LogP contribution < -0.4 is 0 Å². The van der Waals surface area contributed by atoms with Crippen molar-refractivity contribution in [3.05, 3.63) is 35.9 Å². The predicted octanol–water partition coefficient (Wildman–Crippen LogP) is -2.42. The minimum absolute atomic E-state index is 0.111. The van der Waals surface area contributed by atoms with E-state index in [2.05, 4.69) is 20.6 Å². The van der Waals surface area contributed by atoms with Gasteiger partial charge >= 0.3 is 22.5 Å². The number of hydroxylamine groups is 4. The first-order valence-electron chi connectivity index (χ1n) is 11.0. The summed E-state index contributed by atoms with van der Waals surface area (Å²) in [7, 11) is -4.89. The molecule has 2 aromatic rings. The molecule has 2 unspecified atom stereocenters. The van der Waals surface area contributed by atoms with Crippen LogP contribution in [0.1, 0.15) is 11.4 Å². The number of aliphatic hydroxyl groups excluding tert-OH is 2. The van der Waals surface area contributed by atoms with Crippen molar-refractivity contribution in [3.63, 3.8) is 0 Å². The Morgan fingerprint density at radius 2 is 1.24 bits per heavy atom. The van der Waals surface area contributed by atoms with Crippen molar-refractivity contribution >= 4 is 33.9 Å². The molecule has 37 heavy (non-hydrogen) atoms. The normalized spacial score (nSPS) is 23.3. The molecule has 2 atom stereocenters. The van der Waals surface area contributed by atoms with Crippen LogP contribution >= 0.6 is 0 Å². The fourth-order valence-electron chi connectivity index (χ4n) is 4.47. The summed E-state index contributed by atoms with van der Waals surface area (Å²) in [6.45, 7) is -0.0652. The fourth-order valence-corrected chi connectivity index (χ4v) is 5.24. The molecule has 196 valence electrons. The zero-order valence-electron chi connectivity index (χ0n) is 18.9. The Kier molecular flexibility index (Phi) is 5.45. The van der Waals surface area contributed by atoms with Crippen LogP contribution in [-0.4, -0.2) is 119 Å². The fraction of sp³-hybridized carbons (Fsp3) is 0.444. The molecule has 0 saturated carbocycles. The standard InChI is InChI=1S/C18H20N10O8S/c29-9-11-3-25(21-19-11)13-1-15-7-23(5-13)17(31)27(15)35-37(33,34)36-28-16-2-14(6-24(8-16)18(28)32)26-4-12(10-30)20-22-26/h1-4,15-16,29-30H,5-10H2. The lowest BCUT2D eigenvalue weighted by molar-refractivity contribution is -0.0723. The number of carbonyl (C=O) groups is 2. The van der Waals surface area contributed by atoms with Gasteiger partial charge in [-0.25, -0.2) is 19.0 Å². The molecule has 19 heteroatoms. The third kappa shape index (κ3) is 4.11. The Morgan fingerprint density at radius 3 is 1.62 bits per heavy atom. The summed E-state index contributed by atoms with van der Waals surface area (Å²) in [4.78, 5) is 28.2. The molecule has 6 rings (SSSR count). The molecule has 4 bridgehead atoms. The minimum Gasteiger partial charge on any atom is -0.390 e. The van der Waals surface area contributed by atoms with Crippen molar-refractivity contribution in [2.45, 2.75) is 25.3 Å². The van der Waals surface area contributed by atoms with Gasteiger partial charge in [0.15, 0.2) is 0 Å². The second kappa shape index (κ2) is 8.59. The van der Waals surface area contributed by atoms with Crippen molar-refractivity contribution in [2.75, 3.05) is 26.2 Å². The van der Waals surface area contributed by atoms with Crippen LogP contribution in [0.4, 0.5) is 9.59 Å². The molecule has 2 N–H and O–H groups in total. The number of rotatable bonds is 8. The van der Waals surface area contributed by atoms with Crippen molar-refractivity contribution in [1.29, 1.82) is 0 Å². The van der Waals surface area contributed by atoms with Gasteiger partial charge in [-0.1, -0.05) is 10.4 Å². The lowest BCUT2D eigenvalue weighted by Gasteiger charge is -2.22. The lowest BCUT2D eigenvalue weighted by Crippen LogP contribution is -2.40. The van der Waals surface area contributed by atoms with Crippen LogP contribution in [0.5, 0.6) is 0 Å². The maximum absolute atomic E-state index is 12.8. The third-order valence-corrected chi connectivity index (χ3v) is 6.83. The zero-order valence-corrected chi connectivity index (χ0v) is 19.7. The predicted molar refractivity (Wildman–Crippen MR) is 117 cm³/mol. The molecule has 6 heterocycles. The van der Waals surface area contributed by atoms with Gasteiger partial charge in [0.2, 0.25) is 0 Å². The Balaban J connectivity index is 1.18. The van der Waals surface area contributed by atoms with Gasteiger partial charge in [-0.2, -0.15) is 18.5 Å². The SMILES string of the molecule is O=C1N2CC(n3cc(CO)nn3)=CC(C2)N1OS(=O)(=O)ON1C(=O)N2CC(n3cc(CO)nn3)=CC1C2. The Bertz CT molecular complexity index is 1330. The average molecular weight is 536 g/mol. The summed E-state index contributed by atoms with van der Waals surface area (Å²) in [6, 6.07) is -3.00. The molecule has 0 radical (unpaired) electrons. The minimum atomic E-state index is -4.89. The first-order valence-corrected chi connectivity index (χ1v) is 12.3. The largest absolute Gasteiger partial charge is 0.442 e. The number of carbonyl (C=O) groups excluding carboxylic acids is 2. The number of hydrogen-bond donors (Lipinski definition) is 2. The number of aliphatic hydroxyl groups is 2. The van der Waals surface area contributed by atoms with E-state index in [0.717, 1.165) is 0 Å². The van der Waals surface area contributed by atoms with Gasteiger partial charge in [0.25, 0.3) is 0 Å². The molecule has 0 spiro atoms. The van der Waals surface area contributed by atoms with E-state index in [1.807, 2.05) is 0 Å². The van der Waals surface area contributed by atoms with Gasteiger partial charge in [-0.3, -0.25) is 0 Å². The Hall–Kier alpha value is -3.91. The summed E-state index contributed by atoms with van der Waals surface area (Å²) in [5.74, 6) is 0. The first-order chi connectivity index (χ1) is 17.7. The van der Waals surface area contributed by atoms with E-state index in [-0.39, 0.29) is 39.4 Å². The summed E-state index contributed by atoms with van der Waals surface area (Å²) in [6.07, 6.45) is 6.18. The second-order valence-corrected chi connectivity index (χ2v) is 9.73. The highest BCUT2D eigenvalue weighted by Crippen LogP contribution is 2.30. The summed E-state index contributed by atoms with van der Waals surface area (Å²) < 4.78 is 38.3. The van der Waals surface area contributed by atoms with E-state index in [0.29, 0.717) is 32.9 Å². The first kappa shape index (κ1) is 23.5. The quantitative estimate of drug-likeness (QED) is 0.362. The van der Waals surface area contributed by atoms with Crippen LogP contribution in [0, 0.1) is 0 Å². The molecule has 4 aliphatic heterocycles. The van der Waals surface area contributed by atoms with Crippen LogP contribution in [0.25, 0.3) is 11.4 Å². The highest BCUT2D eigenvalue weighted by atomic mass is 32.3. The van der Waals surface area contributed by atoms with Crippen molar-refractivity contribution < 1.29 is 36.8 Å². The topological polar surface area (TPSA) is 202 Å². The zero-order chi connectivity index (χ0) is 25.9. The number of hydrogen-bond acceptors (Lipinski definition) is 12. The molecule has 0 aliphatic carbocycles. The van der Waals surface area contributed by atoms with Gasteiger partial charge in [0.1, 0.15) is 23.5 Å². The molecule has 4 amide bonds. The van der Waals surface area contributed by atoms with E-state index in [9.17, 15) is 28.2 Å². The number of aromatic nitrogens is 6. The summed E-state index contributed by atoms with van der Waals surface area (Å²) >= 11 is 0. The molecule has 0 aromatic carbocycles. The molecule has 4 aliphatic rings. The van der Waals surface area contributed by atoms with Crippen molar-refractivity contribution in [3.8, 4) is 0 Å². The van der Waals surface area contributed by atoms with Crippen LogP contribution in [0.3, 0.4) is 0 Å². The number of nitrogens with zero attached hydrogens (tertiary/aromatic N) is 10. The molecule has 2 fully saturated rings. The van der Waals surface area contributed by atoms with Gasteiger partial charge in [-0.05, 0) is 12.2 Å². The van der Waals surface area contributed by atoms with E-state index >= 15 is 0 Å². The molecule has 2 saturated heterocycles. The maximum atomic E-state index is 12.8. The number of urea groups is 2. The van der Waals surface area contributed by atoms with Crippen LogP contribution in [0.2, 0.25) is 0 Å². The monoisotopic (exact) mass is 536 g/mol.